The van der Waals surface area contributed by atoms with Crippen LogP contribution in [-0.2, 0) is 122 Å². The lowest BCUT2D eigenvalue weighted by Gasteiger charge is -2.31. The van der Waals surface area contributed by atoms with Crippen molar-refractivity contribution in [3.8, 4) is 46.0 Å². The monoisotopic (exact) mass is 2080 g/mol. The summed E-state index contributed by atoms with van der Waals surface area (Å²) in [6.45, 7) is 122. The molecule has 826 valence electrons. The van der Waals surface area contributed by atoms with Crippen LogP contribution in [0.4, 0.5) is 0 Å². The highest BCUT2D eigenvalue weighted by Gasteiger charge is 2.39. The topological polar surface area (TPSA) is 155 Å². The number of hydrogen-bond acceptors (Lipinski definition) is 11. The van der Waals surface area contributed by atoms with E-state index in [4.69, 9.17) is 18.3 Å². The van der Waals surface area contributed by atoms with Gasteiger partial charge in [0.2, 0.25) is 0 Å². The number of ether oxygens (including phenoxy) is 1. The van der Waals surface area contributed by atoms with E-state index in [9.17, 15) is 30.3 Å². The second kappa shape index (κ2) is 46.1. The number of rotatable bonds is 18. The molecule has 0 saturated heterocycles. The second-order valence-electron chi connectivity index (χ2n) is 59.6. The van der Waals surface area contributed by atoms with Gasteiger partial charge in [-0.2, -0.15) is 0 Å². The van der Waals surface area contributed by atoms with E-state index in [2.05, 4.69) is 451 Å². The summed E-state index contributed by atoms with van der Waals surface area (Å²) in [4.78, 5) is 13.1. The Bertz CT molecular complexity index is 5780. The van der Waals surface area contributed by atoms with Crippen LogP contribution in [0.2, 0.25) is 0 Å². The van der Waals surface area contributed by atoms with Crippen molar-refractivity contribution in [1.82, 2.24) is 0 Å². The van der Waals surface area contributed by atoms with E-state index >= 15 is 0 Å². The molecule has 0 aliphatic rings. The van der Waals surface area contributed by atoms with E-state index < -0.39 is 8.60 Å². The first kappa shape index (κ1) is 128. The summed E-state index contributed by atoms with van der Waals surface area (Å²) in [5.74, 6) is 4.04. The maximum absolute atomic E-state index is 11.7. The highest BCUT2D eigenvalue weighted by molar-refractivity contribution is 7.99. The molecule has 10 nitrogen and oxygen atoms in total. The number of carbonyl (C=O) groups is 1. The predicted octanol–water partition coefficient (Wildman–Crippen LogP) is 39.1. The molecule has 0 fully saturated rings. The van der Waals surface area contributed by atoms with Gasteiger partial charge in [0.25, 0.3) is 0 Å². The molecule has 0 atom stereocenters. The summed E-state index contributed by atoms with van der Waals surface area (Å²) < 4.78 is 25.7. The number of hydrogen-bond donors (Lipinski definition) is 5. The lowest BCUT2D eigenvalue weighted by atomic mass is 9.74. The van der Waals surface area contributed by atoms with Crippen LogP contribution < -0.4 is 13.6 Å². The number of esters is 1. The van der Waals surface area contributed by atoms with Gasteiger partial charge in [0.15, 0.2) is 0 Å². The minimum Gasteiger partial charge on any atom is -0.507 e. The van der Waals surface area contributed by atoms with Gasteiger partial charge in [-0.1, -0.05) is 441 Å². The van der Waals surface area contributed by atoms with E-state index in [0.29, 0.717) is 48.2 Å². The van der Waals surface area contributed by atoms with E-state index in [1.54, 1.807) is 0 Å². The molecule has 0 bridgehead atoms. The number of phenolic OH excluding ortho intramolecular Hbond substituents is 5. The molecule has 10 aromatic rings. The fourth-order valence-corrected chi connectivity index (χ4v) is 22.0. The third kappa shape index (κ3) is 33.2. The standard InChI is InChI=1S/C55H80O2.C42H63O3P.C22H30O2S.C19H30O3/c1-32-39(23-36-26-42(50(5,6)7)35(4)43(27-36)51(8,9)10)33(2)41(25-38-30-46(54(17,18)19)49(57)47(31-38)55(20,21)22)34(3)40(32)24-37-28-44(52(11,12)13)48(56)45(29-37)53(14,15)16;1-37(2,3)28-19-22-34(31(25-28)40(10,11)12)43-46(44-35-23-20-29(38(4,5)6)26-32(35)41(13,14)15)45-36-24-21-30(39(7,8)9)27-33(36)42(16,17)18;1-13-9-15(21(3,4)5)19(23)17(11-13)25-18-12-14(2)10-16(20(18)24)22(6,7)8;1-8-22-16(20)10-9-13-11-14(18(2,3)4)17(21)15(12-13)19(5,6)7/h26-31,56-57H,23-25H2,1-22H3;19-27H,1-18H3;9-12,23-24H,1-8H3;11-12,21H,8-10H2,1-7H3. The molecule has 0 spiro atoms. The van der Waals surface area contributed by atoms with Crippen molar-refractivity contribution in [2.75, 3.05) is 6.61 Å². The fraction of sp³-hybridized carbons (Fsp3) is 0.558. The Morgan fingerprint density at radius 3 is 0.660 bits per heavy atom. The fourth-order valence-electron chi connectivity index (χ4n) is 19.8. The third-order valence-electron chi connectivity index (χ3n) is 29.0. The molecule has 0 heterocycles. The van der Waals surface area contributed by atoms with Crippen LogP contribution in [0.3, 0.4) is 0 Å². The molecule has 0 unspecified atom stereocenters. The van der Waals surface area contributed by atoms with Crippen LogP contribution >= 0.6 is 20.4 Å². The molecule has 12 heteroatoms. The molecular formula is C138H203O10PS. The van der Waals surface area contributed by atoms with Gasteiger partial charge in [-0.3, -0.25) is 4.79 Å². The lowest BCUT2D eigenvalue weighted by molar-refractivity contribution is -0.143. The first-order valence-corrected chi connectivity index (χ1v) is 57.0. The average molecular weight is 2090 g/mol. The highest BCUT2D eigenvalue weighted by atomic mass is 32.2. The Balaban J connectivity index is 0.000000290. The van der Waals surface area contributed by atoms with E-state index in [1.807, 2.05) is 57.2 Å². The maximum Gasteiger partial charge on any atom is 0.530 e. The molecule has 150 heavy (non-hydrogen) atoms. The van der Waals surface area contributed by atoms with Crippen molar-refractivity contribution in [2.24, 2.45) is 0 Å². The highest BCUT2D eigenvalue weighted by Crippen LogP contribution is 2.55. The zero-order valence-electron chi connectivity index (χ0n) is 104. The number of aromatic hydroxyl groups is 5. The van der Waals surface area contributed by atoms with Crippen LogP contribution in [-0.4, -0.2) is 38.1 Å². The van der Waals surface area contributed by atoms with Crippen LogP contribution in [0.1, 0.15) is 507 Å². The van der Waals surface area contributed by atoms with Crippen molar-refractivity contribution in [1.29, 1.82) is 0 Å². The lowest BCUT2D eigenvalue weighted by Crippen LogP contribution is -2.20. The maximum atomic E-state index is 11.7. The predicted molar refractivity (Wildman–Crippen MR) is 647 cm³/mol. The molecule has 0 amide bonds. The number of carbonyl (C=O) groups excluding carboxylic acids is 1. The van der Waals surface area contributed by atoms with Gasteiger partial charge in [-0.15, -0.1) is 0 Å². The quantitative estimate of drug-likeness (QED) is 0.0412. The Labute approximate surface area is 919 Å². The number of benzene rings is 10. The van der Waals surface area contributed by atoms with Crippen molar-refractivity contribution in [3.05, 3.63) is 289 Å². The molecule has 0 aliphatic heterocycles. The number of aryl methyl sites for hydroxylation is 3. The van der Waals surface area contributed by atoms with Gasteiger partial charge in [-0.05, 0) is 325 Å². The van der Waals surface area contributed by atoms with Crippen LogP contribution in [0.15, 0.2) is 137 Å². The first-order chi connectivity index (χ1) is 67.4. The zero-order valence-corrected chi connectivity index (χ0v) is 106. The second-order valence-corrected chi connectivity index (χ2v) is 61.7. The van der Waals surface area contributed by atoms with Gasteiger partial charge in [-0.25, -0.2) is 0 Å². The molecule has 10 aromatic carbocycles. The zero-order chi connectivity index (χ0) is 115. The van der Waals surface area contributed by atoms with Gasteiger partial charge >= 0.3 is 14.6 Å². The smallest absolute Gasteiger partial charge is 0.507 e. The molecule has 5 N–H and O–H groups in total. The molecule has 0 radical (unpaired) electrons. The normalized spacial score (nSPS) is 13.2. The van der Waals surface area contributed by atoms with Crippen LogP contribution in [0.25, 0.3) is 0 Å². The minimum atomic E-state index is -1.89. The first-order valence-electron chi connectivity index (χ1n) is 55.1. The van der Waals surface area contributed by atoms with Gasteiger partial charge in [0, 0.05) is 34.2 Å². The van der Waals surface area contributed by atoms with E-state index in [1.165, 1.54) is 95.2 Å². The molecule has 0 aliphatic carbocycles. The van der Waals surface area contributed by atoms with Crippen LogP contribution in [0.5, 0.6) is 46.0 Å². The van der Waals surface area contributed by atoms with Crippen molar-refractivity contribution in [2.45, 2.75) is 509 Å². The van der Waals surface area contributed by atoms with Gasteiger partial charge in [0.1, 0.15) is 46.0 Å². The third-order valence-corrected chi connectivity index (χ3v) is 31.1. The van der Waals surface area contributed by atoms with Crippen molar-refractivity contribution in [3.63, 3.8) is 0 Å². The Kier molecular flexibility index (Phi) is 39.3. The van der Waals surface area contributed by atoms with E-state index in [0.717, 1.165) is 124 Å². The largest absolute Gasteiger partial charge is 0.530 e. The summed E-state index contributed by atoms with van der Waals surface area (Å²) in [5, 5.41) is 55.6. The summed E-state index contributed by atoms with van der Waals surface area (Å²) in [7, 11) is -1.89. The molecule has 10 rings (SSSR count). The number of phenols is 5. The minimum absolute atomic E-state index is 0.0170. The Morgan fingerprint density at radius 1 is 0.247 bits per heavy atom. The van der Waals surface area contributed by atoms with E-state index in [-0.39, 0.29) is 92.6 Å². The summed E-state index contributed by atoms with van der Waals surface area (Å²) in [6, 6.07) is 45.8. The van der Waals surface area contributed by atoms with Gasteiger partial charge < -0.3 is 43.8 Å². The van der Waals surface area contributed by atoms with Crippen molar-refractivity contribution < 1.29 is 48.6 Å². The molecule has 0 saturated carbocycles. The summed E-state index contributed by atoms with van der Waals surface area (Å²) >= 11 is 1.43. The van der Waals surface area contributed by atoms with Gasteiger partial charge in [0.05, 0.1) is 16.4 Å². The molecular weight excluding hydrogens is 1880 g/mol. The average Bonchev–Trinajstić information content (AvgIpc) is 0.748. The summed E-state index contributed by atoms with van der Waals surface area (Å²) in [5.41, 5.74) is 32.8. The van der Waals surface area contributed by atoms with Crippen molar-refractivity contribution >= 4 is 26.3 Å². The Hall–Kier alpha value is -9.15. The SMILES string of the molecule is CC(C)(C)c1ccc(OP(Oc2ccc(C(C)(C)C)cc2C(C)(C)C)Oc2ccc(C(C)(C)C)cc2C(C)(C)C)c(C(C)(C)C)c1.CCOC(=O)CCc1cc(C(C)(C)C)c(O)c(C(C)(C)C)c1.Cc1c(C(C)(C)C)cc(Cc2c(C)c(Cc3cc(C(C)(C)C)c(O)c(C(C)(C)C)c3)c(C)c(Cc3cc(C(C)(C)C)c(O)c(C(C)(C)C)c3)c2C)cc1C(C)(C)C.Cc1cc(Sc2cc(C)cc(C(C)(C)C)c2O)c(O)c(C(C)(C)C)c1. The molecule has 0 aromatic heterocycles. The van der Waals surface area contributed by atoms with Crippen LogP contribution in [0, 0.1) is 41.5 Å². The summed E-state index contributed by atoms with van der Waals surface area (Å²) in [6.07, 6.45) is 3.43. The Morgan fingerprint density at radius 2 is 0.453 bits per heavy atom.